The zero-order valence-corrected chi connectivity index (χ0v) is 14.0. The van der Waals surface area contributed by atoms with E-state index >= 15 is 0 Å². The fourth-order valence-electron chi connectivity index (χ4n) is 2.08. The van der Waals surface area contributed by atoms with Crippen molar-refractivity contribution in [1.29, 1.82) is 0 Å². The molecule has 0 aromatic heterocycles. The third kappa shape index (κ3) is 4.71. The highest BCUT2D eigenvalue weighted by atomic mass is 32.2. The third-order valence-electron chi connectivity index (χ3n) is 3.31. The Labute approximate surface area is 152 Å². The minimum Gasteiger partial charge on any atom is -0.478 e. The molecule has 0 heterocycles. The van der Waals surface area contributed by atoms with E-state index in [2.05, 4.69) is 0 Å². The lowest BCUT2D eigenvalue weighted by Crippen LogP contribution is -2.17. The summed E-state index contributed by atoms with van der Waals surface area (Å²) < 4.78 is 116. The van der Waals surface area contributed by atoms with Gasteiger partial charge in [-0.15, -0.1) is 0 Å². The number of hydrogen-bond donors (Lipinski definition) is 2. The lowest BCUT2D eigenvalue weighted by Gasteiger charge is -2.14. The van der Waals surface area contributed by atoms with Gasteiger partial charge in [0.1, 0.15) is 5.82 Å². The second kappa shape index (κ2) is 6.96. The van der Waals surface area contributed by atoms with E-state index in [0.717, 1.165) is 0 Å². The van der Waals surface area contributed by atoms with Gasteiger partial charge in [0.25, 0.3) is 10.0 Å². The van der Waals surface area contributed by atoms with Crippen molar-refractivity contribution in [2.24, 2.45) is 0 Å². The van der Waals surface area contributed by atoms with Gasteiger partial charge in [-0.1, -0.05) is 0 Å². The van der Waals surface area contributed by atoms with Crippen LogP contribution in [0, 0.1) is 5.82 Å². The summed E-state index contributed by atoms with van der Waals surface area (Å²) in [6.07, 6.45) is -10.2. The van der Waals surface area contributed by atoms with Gasteiger partial charge in [-0.05, 0) is 36.4 Å². The van der Waals surface area contributed by atoms with Crippen LogP contribution in [0.25, 0.3) is 0 Å². The van der Waals surface area contributed by atoms with Crippen LogP contribution < -0.4 is 4.72 Å². The average Bonchev–Trinajstić information content (AvgIpc) is 2.52. The molecule has 2 N–H and O–H groups in total. The molecular weight excluding hydrogens is 423 g/mol. The van der Waals surface area contributed by atoms with Crippen LogP contribution in [0.1, 0.15) is 21.5 Å². The Morgan fingerprint density at radius 2 is 1.54 bits per heavy atom. The van der Waals surface area contributed by atoms with Crippen molar-refractivity contribution in [2.45, 2.75) is 17.2 Å². The molecule has 0 atom stereocenters. The number of nitrogens with one attached hydrogen (secondary N) is 1. The smallest absolute Gasteiger partial charge is 0.419 e. The molecule has 13 heteroatoms. The lowest BCUT2D eigenvalue weighted by atomic mass is 10.1. The van der Waals surface area contributed by atoms with Crippen LogP contribution in [0.4, 0.5) is 36.4 Å². The second-order valence-electron chi connectivity index (χ2n) is 5.35. The second-order valence-corrected chi connectivity index (χ2v) is 7.03. The van der Waals surface area contributed by atoms with Gasteiger partial charge < -0.3 is 5.11 Å². The molecule has 0 aliphatic carbocycles. The molecule has 0 saturated carbocycles. The maximum atomic E-state index is 13.3. The van der Waals surface area contributed by atoms with Crippen LogP contribution in [0.5, 0.6) is 0 Å². The molecule has 0 amide bonds. The Kier molecular flexibility index (Phi) is 5.34. The maximum absolute atomic E-state index is 13.3. The molecule has 28 heavy (non-hydrogen) atoms. The molecule has 2 aromatic carbocycles. The molecule has 0 spiro atoms. The van der Waals surface area contributed by atoms with Crippen LogP contribution in [-0.2, 0) is 22.4 Å². The van der Waals surface area contributed by atoms with E-state index in [4.69, 9.17) is 5.11 Å². The van der Waals surface area contributed by atoms with Crippen molar-refractivity contribution in [3.05, 3.63) is 58.9 Å². The van der Waals surface area contributed by atoms with Crippen molar-refractivity contribution in [3.63, 3.8) is 0 Å². The number of carbonyl (C=O) groups is 1. The lowest BCUT2D eigenvalue weighted by molar-refractivity contribution is -0.140. The fraction of sp³-hybridized carbons (Fsp3) is 0.133. The first-order chi connectivity index (χ1) is 12.6. The first-order valence-corrected chi connectivity index (χ1v) is 8.45. The molecule has 0 fully saturated rings. The summed E-state index contributed by atoms with van der Waals surface area (Å²) in [4.78, 5) is 9.86. The summed E-state index contributed by atoms with van der Waals surface area (Å²) in [5.74, 6) is -3.55. The molecule has 0 bridgehead atoms. The molecule has 2 rings (SSSR count). The van der Waals surface area contributed by atoms with Gasteiger partial charge in [0.15, 0.2) is 0 Å². The number of carboxylic acid groups (broad SMARTS) is 1. The summed E-state index contributed by atoms with van der Waals surface area (Å²) in [6.45, 7) is 0. The summed E-state index contributed by atoms with van der Waals surface area (Å²) in [5, 5.41) is 8.86. The standard InChI is InChI=1S/C15H8F7NO4S/c16-12-2-1-10(6-11(12)15(20,21)22)28(26,27)23-9-4-7(13(24)25)3-8(5-9)14(17,18)19/h1-6,23H,(H,24,25). The monoisotopic (exact) mass is 431 g/mol. The Balaban J connectivity index is 2.53. The van der Waals surface area contributed by atoms with E-state index < -0.39 is 61.4 Å². The number of carboxylic acids is 1. The number of benzene rings is 2. The molecule has 5 nitrogen and oxygen atoms in total. The van der Waals surface area contributed by atoms with Gasteiger partial charge in [-0.3, -0.25) is 4.72 Å². The summed E-state index contributed by atoms with van der Waals surface area (Å²) in [6, 6.07) is 1.72. The number of alkyl halides is 6. The van der Waals surface area contributed by atoms with Crippen molar-refractivity contribution in [2.75, 3.05) is 4.72 Å². The maximum Gasteiger partial charge on any atom is 0.419 e. The third-order valence-corrected chi connectivity index (χ3v) is 4.69. The normalized spacial score (nSPS) is 12.7. The first-order valence-electron chi connectivity index (χ1n) is 6.96. The average molecular weight is 431 g/mol. The highest BCUT2D eigenvalue weighted by molar-refractivity contribution is 7.92. The molecule has 0 radical (unpaired) electrons. The van der Waals surface area contributed by atoms with Gasteiger partial charge >= 0.3 is 18.3 Å². The van der Waals surface area contributed by atoms with Gasteiger partial charge in [0.05, 0.1) is 27.3 Å². The first kappa shape index (κ1) is 21.5. The molecule has 0 aliphatic rings. The van der Waals surface area contributed by atoms with Crippen LogP contribution in [0.15, 0.2) is 41.3 Å². The minimum atomic E-state index is -5.22. The van der Waals surface area contributed by atoms with E-state index in [1.54, 1.807) is 4.72 Å². The van der Waals surface area contributed by atoms with Crippen LogP contribution in [0.3, 0.4) is 0 Å². The van der Waals surface area contributed by atoms with Gasteiger partial charge in [-0.2, -0.15) is 26.3 Å². The highest BCUT2D eigenvalue weighted by Gasteiger charge is 2.36. The Morgan fingerprint density at radius 1 is 0.929 bits per heavy atom. The van der Waals surface area contributed by atoms with Gasteiger partial charge in [-0.25, -0.2) is 17.6 Å². The van der Waals surface area contributed by atoms with E-state index in [1.165, 1.54) is 0 Å². The molecule has 152 valence electrons. The number of aromatic carboxylic acids is 1. The van der Waals surface area contributed by atoms with Gasteiger partial charge in [0, 0.05) is 0 Å². The zero-order valence-electron chi connectivity index (χ0n) is 13.2. The Morgan fingerprint density at radius 3 is 2.04 bits per heavy atom. The van der Waals surface area contributed by atoms with Crippen molar-refractivity contribution in [1.82, 2.24) is 0 Å². The van der Waals surface area contributed by atoms with Crippen molar-refractivity contribution in [3.8, 4) is 0 Å². The molecule has 0 aliphatic heterocycles. The number of anilines is 1. The molecule has 2 aromatic rings. The van der Waals surface area contributed by atoms with E-state index in [0.29, 0.717) is 12.1 Å². The largest absolute Gasteiger partial charge is 0.478 e. The number of rotatable bonds is 4. The number of halogens is 7. The predicted molar refractivity (Wildman–Crippen MR) is 80.6 cm³/mol. The predicted octanol–water partition coefficient (Wildman–Crippen LogP) is 4.36. The topological polar surface area (TPSA) is 83.5 Å². The Hall–Kier alpha value is -2.83. The molecule has 0 saturated heterocycles. The van der Waals surface area contributed by atoms with E-state index in [9.17, 15) is 43.9 Å². The number of sulfonamides is 1. The van der Waals surface area contributed by atoms with Crippen LogP contribution in [0.2, 0.25) is 0 Å². The van der Waals surface area contributed by atoms with Crippen LogP contribution >= 0.6 is 0 Å². The van der Waals surface area contributed by atoms with Crippen LogP contribution in [-0.4, -0.2) is 19.5 Å². The quantitative estimate of drug-likeness (QED) is 0.705. The summed E-state index contributed by atoms with van der Waals surface area (Å²) >= 11 is 0. The zero-order chi connectivity index (χ0) is 21.5. The highest BCUT2D eigenvalue weighted by Crippen LogP contribution is 2.34. The SMILES string of the molecule is O=C(O)c1cc(NS(=O)(=O)c2ccc(F)c(C(F)(F)F)c2)cc(C(F)(F)F)c1. The number of hydrogen-bond acceptors (Lipinski definition) is 3. The molecule has 0 unspecified atom stereocenters. The fourth-order valence-corrected chi connectivity index (χ4v) is 3.14. The summed E-state index contributed by atoms with van der Waals surface area (Å²) in [7, 11) is -4.89. The van der Waals surface area contributed by atoms with E-state index in [-0.39, 0.29) is 24.3 Å². The van der Waals surface area contributed by atoms with Gasteiger partial charge in [0.2, 0.25) is 0 Å². The van der Waals surface area contributed by atoms with Crippen molar-refractivity contribution >= 4 is 21.7 Å². The Bertz CT molecular complexity index is 1030. The summed E-state index contributed by atoms with van der Waals surface area (Å²) in [5.41, 5.74) is -5.17. The minimum absolute atomic E-state index is 0.0383. The van der Waals surface area contributed by atoms with Crippen molar-refractivity contribution < 1.29 is 49.1 Å². The molecular formula is C15H8F7NO4S. The van der Waals surface area contributed by atoms with E-state index in [1.807, 2.05) is 0 Å².